The molecule has 0 aliphatic carbocycles. The Bertz CT molecular complexity index is 336. The highest BCUT2D eigenvalue weighted by Gasteiger charge is 2.26. The molecule has 0 aliphatic heterocycles. The van der Waals surface area contributed by atoms with Gasteiger partial charge in [-0.25, -0.2) is 0 Å². The van der Waals surface area contributed by atoms with Gasteiger partial charge in [0.25, 0.3) is 5.91 Å². The van der Waals surface area contributed by atoms with E-state index in [1.165, 1.54) is 44.9 Å². The van der Waals surface area contributed by atoms with E-state index in [9.17, 15) is 4.79 Å². The highest BCUT2D eigenvalue weighted by atomic mass is 16.2. The third-order valence-electron chi connectivity index (χ3n) is 4.38. The molecule has 0 saturated heterocycles. The number of quaternary nitrogens is 1. The van der Waals surface area contributed by atoms with E-state index in [1.54, 1.807) is 0 Å². The van der Waals surface area contributed by atoms with Crippen LogP contribution in [0.4, 0.5) is 0 Å². The van der Waals surface area contributed by atoms with Crippen molar-refractivity contribution in [2.45, 2.75) is 58.3 Å². The van der Waals surface area contributed by atoms with Crippen molar-refractivity contribution in [1.29, 1.82) is 0 Å². The third-order valence-corrected chi connectivity index (χ3v) is 4.38. The summed E-state index contributed by atoms with van der Waals surface area (Å²) in [5.41, 5.74) is 0. The molecule has 0 saturated carbocycles. The molecule has 1 N–H and O–H groups in total. The maximum atomic E-state index is 12.3. The minimum atomic E-state index is 0.114. The average Bonchev–Trinajstić information content (AvgIpc) is 2.54. The highest BCUT2D eigenvalue weighted by molar-refractivity contribution is 5.77. The van der Waals surface area contributed by atoms with Crippen molar-refractivity contribution in [2.24, 2.45) is 0 Å². The molecule has 0 aromatic heterocycles. The molecule has 0 unspecified atom stereocenters. The van der Waals surface area contributed by atoms with Gasteiger partial charge < -0.3 is 9.80 Å². The number of rotatable bonds is 17. The predicted molar refractivity (Wildman–Crippen MR) is 106 cm³/mol. The molecular formula is C21H39N2O+. The Morgan fingerprint density at radius 2 is 1.29 bits per heavy atom. The Kier molecular flexibility index (Phi) is 14.3. The first kappa shape index (κ1) is 22.6. The number of carbonyl (C=O) groups is 1. The van der Waals surface area contributed by atoms with Crippen molar-refractivity contribution in [3.63, 3.8) is 0 Å². The number of hydrogen-bond acceptors (Lipinski definition) is 1. The van der Waals surface area contributed by atoms with Crippen LogP contribution in [0.1, 0.15) is 58.3 Å². The maximum Gasteiger partial charge on any atom is 0.275 e. The molecule has 1 amide bonds. The van der Waals surface area contributed by atoms with Crippen LogP contribution in [-0.4, -0.2) is 43.1 Å². The first-order chi connectivity index (χ1) is 11.6. The number of hydrogen-bond donors (Lipinski definition) is 1. The Hall–Kier alpha value is -1.35. The summed E-state index contributed by atoms with van der Waals surface area (Å²) >= 11 is 0. The Morgan fingerprint density at radius 3 is 1.75 bits per heavy atom. The number of amides is 1. The van der Waals surface area contributed by atoms with Crippen LogP contribution < -0.4 is 5.32 Å². The van der Waals surface area contributed by atoms with Gasteiger partial charge in [-0.2, -0.15) is 0 Å². The van der Waals surface area contributed by atoms with Gasteiger partial charge in [0.05, 0.1) is 19.6 Å². The fourth-order valence-electron chi connectivity index (χ4n) is 3.09. The van der Waals surface area contributed by atoms with Crippen LogP contribution in [0, 0.1) is 0 Å². The fourth-order valence-corrected chi connectivity index (χ4v) is 3.09. The molecule has 0 heterocycles. The van der Waals surface area contributed by atoms with Crippen LogP contribution in [0.25, 0.3) is 0 Å². The van der Waals surface area contributed by atoms with E-state index in [0.29, 0.717) is 11.0 Å². The van der Waals surface area contributed by atoms with E-state index in [0.717, 1.165) is 32.6 Å². The molecule has 0 radical (unpaired) electrons. The van der Waals surface area contributed by atoms with E-state index in [1.807, 2.05) is 18.2 Å². The lowest BCUT2D eigenvalue weighted by Crippen LogP contribution is -2.53. The summed E-state index contributed by atoms with van der Waals surface area (Å²) < 4.78 is 0.625. The zero-order valence-corrected chi connectivity index (χ0v) is 15.9. The second kappa shape index (κ2) is 15.2. The molecular weight excluding hydrogens is 296 g/mol. The average molecular weight is 336 g/mol. The molecule has 3 heteroatoms. The SMILES string of the molecule is C=CC[N+](CC=C)(CC=C)CC(=O)NCCCCCCCCCC. The summed E-state index contributed by atoms with van der Waals surface area (Å²) in [7, 11) is 0. The summed E-state index contributed by atoms with van der Waals surface area (Å²) in [5, 5.41) is 3.07. The van der Waals surface area contributed by atoms with Crippen molar-refractivity contribution in [3.8, 4) is 0 Å². The summed E-state index contributed by atoms with van der Waals surface area (Å²) in [4.78, 5) is 12.3. The summed E-state index contributed by atoms with van der Waals surface area (Å²) in [6, 6.07) is 0. The van der Waals surface area contributed by atoms with Gasteiger partial charge in [0.2, 0.25) is 0 Å². The number of nitrogens with one attached hydrogen (secondary N) is 1. The molecule has 0 atom stereocenters. The zero-order valence-electron chi connectivity index (χ0n) is 15.9. The quantitative estimate of drug-likeness (QED) is 0.235. The summed E-state index contributed by atoms with van der Waals surface area (Å²) in [5.74, 6) is 0.114. The lowest BCUT2D eigenvalue weighted by Gasteiger charge is -2.35. The van der Waals surface area contributed by atoms with Crippen LogP contribution >= 0.6 is 0 Å². The molecule has 0 rings (SSSR count). The van der Waals surface area contributed by atoms with Gasteiger partial charge in [-0.05, 0) is 24.6 Å². The van der Waals surface area contributed by atoms with Gasteiger partial charge in [-0.15, -0.1) is 0 Å². The van der Waals surface area contributed by atoms with E-state index in [4.69, 9.17) is 0 Å². The second-order valence-corrected chi connectivity index (χ2v) is 6.74. The largest absolute Gasteiger partial charge is 0.351 e. The highest BCUT2D eigenvalue weighted by Crippen LogP contribution is 2.09. The molecule has 0 aromatic rings. The molecule has 0 spiro atoms. The minimum absolute atomic E-state index is 0.114. The standard InChI is InChI=1S/C21H38N2O/c1-5-9-10-11-12-13-14-15-16-22-21(24)20-23(17-6-2,18-7-3)19-8-4/h6-8H,2-5,9-20H2,1H3/p+1. The monoisotopic (exact) mass is 335 g/mol. The summed E-state index contributed by atoms with van der Waals surface area (Å²) in [6.07, 6.45) is 15.9. The second-order valence-electron chi connectivity index (χ2n) is 6.74. The Labute approximate surface area is 150 Å². The fraction of sp³-hybridized carbons (Fsp3) is 0.667. The Balaban J connectivity index is 3.97. The summed E-state index contributed by atoms with van der Waals surface area (Å²) in [6.45, 7) is 17.2. The number of unbranched alkanes of at least 4 members (excludes halogenated alkanes) is 7. The number of carbonyl (C=O) groups excluding carboxylic acids is 1. The molecule has 24 heavy (non-hydrogen) atoms. The van der Waals surface area contributed by atoms with Crippen LogP contribution in [-0.2, 0) is 4.79 Å². The topological polar surface area (TPSA) is 29.1 Å². The van der Waals surface area contributed by atoms with E-state index >= 15 is 0 Å². The molecule has 0 aromatic carbocycles. The van der Waals surface area contributed by atoms with Crippen molar-refractivity contribution in [2.75, 3.05) is 32.7 Å². The first-order valence-corrected chi connectivity index (χ1v) is 9.58. The van der Waals surface area contributed by atoms with Gasteiger partial charge in [0, 0.05) is 6.54 Å². The van der Waals surface area contributed by atoms with Gasteiger partial charge in [-0.1, -0.05) is 71.6 Å². The normalized spacial score (nSPS) is 11.0. The number of nitrogens with zero attached hydrogens (tertiary/aromatic N) is 1. The Morgan fingerprint density at radius 1 is 0.833 bits per heavy atom. The first-order valence-electron chi connectivity index (χ1n) is 9.58. The van der Waals surface area contributed by atoms with Crippen molar-refractivity contribution in [1.82, 2.24) is 5.32 Å². The third kappa shape index (κ3) is 11.2. The molecule has 3 nitrogen and oxygen atoms in total. The van der Waals surface area contributed by atoms with Gasteiger partial charge in [0.15, 0.2) is 6.54 Å². The molecule has 138 valence electrons. The lowest BCUT2D eigenvalue weighted by molar-refractivity contribution is -0.904. The van der Waals surface area contributed by atoms with Crippen LogP contribution in [0.2, 0.25) is 0 Å². The maximum absolute atomic E-state index is 12.3. The molecule has 0 fully saturated rings. The van der Waals surface area contributed by atoms with E-state index in [2.05, 4.69) is 32.0 Å². The van der Waals surface area contributed by atoms with Gasteiger partial charge in [0.1, 0.15) is 0 Å². The lowest BCUT2D eigenvalue weighted by atomic mass is 10.1. The zero-order chi connectivity index (χ0) is 18.1. The van der Waals surface area contributed by atoms with Crippen LogP contribution in [0.15, 0.2) is 38.0 Å². The smallest absolute Gasteiger partial charge is 0.275 e. The minimum Gasteiger partial charge on any atom is -0.351 e. The van der Waals surface area contributed by atoms with E-state index < -0.39 is 0 Å². The van der Waals surface area contributed by atoms with Crippen LogP contribution in [0.3, 0.4) is 0 Å². The van der Waals surface area contributed by atoms with Crippen molar-refractivity contribution >= 4 is 5.91 Å². The van der Waals surface area contributed by atoms with Gasteiger partial charge in [-0.3, -0.25) is 4.79 Å². The van der Waals surface area contributed by atoms with Crippen molar-refractivity contribution < 1.29 is 9.28 Å². The van der Waals surface area contributed by atoms with Gasteiger partial charge >= 0.3 is 0 Å². The van der Waals surface area contributed by atoms with E-state index in [-0.39, 0.29) is 5.91 Å². The molecule has 0 aliphatic rings. The molecule has 0 bridgehead atoms. The predicted octanol–water partition coefficient (Wildman–Crippen LogP) is 4.62. The van der Waals surface area contributed by atoms with Crippen LogP contribution in [0.5, 0.6) is 0 Å². The van der Waals surface area contributed by atoms with Crippen molar-refractivity contribution in [3.05, 3.63) is 38.0 Å².